The van der Waals surface area contributed by atoms with E-state index in [-0.39, 0.29) is 0 Å². The van der Waals surface area contributed by atoms with E-state index in [9.17, 15) is 0 Å². The molecule has 0 amide bonds. The van der Waals surface area contributed by atoms with Crippen LogP contribution >= 0.6 is 0 Å². The number of rotatable bonds is 10. The summed E-state index contributed by atoms with van der Waals surface area (Å²) in [7, 11) is 6.38. The Morgan fingerprint density at radius 2 is 1.41 bits per heavy atom. The summed E-state index contributed by atoms with van der Waals surface area (Å²) in [6.45, 7) is 8.34. The van der Waals surface area contributed by atoms with E-state index in [1.54, 1.807) is 40.6 Å². The third kappa shape index (κ3) is 4.28. The lowest BCUT2D eigenvalue weighted by molar-refractivity contribution is 0.275. The van der Waals surface area contributed by atoms with Gasteiger partial charge < -0.3 is 23.7 Å². The van der Waals surface area contributed by atoms with Gasteiger partial charge in [0.05, 0.1) is 28.4 Å². The van der Waals surface area contributed by atoms with E-state index in [2.05, 4.69) is 13.2 Å². The number of benzene rings is 3. The predicted molar refractivity (Wildman–Crippen MR) is 129 cm³/mol. The van der Waals surface area contributed by atoms with Crippen LogP contribution in [-0.2, 0) is 6.61 Å². The van der Waals surface area contributed by atoms with E-state index in [0.29, 0.717) is 35.4 Å². The van der Waals surface area contributed by atoms with Crippen LogP contribution in [0.3, 0.4) is 0 Å². The highest BCUT2D eigenvalue weighted by molar-refractivity contribution is 5.91. The van der Waals surface area contributed by atoms with E-state index >= 15 is 0 Å². The summed E-state index contributed by atoms with van der Waals surface area (Å²) in [4.78, 5) is 0. The smallest absolute Gasteiger partial charge is 0.203 e. The van der Waals surface area contributed by atoms with Crippen LogP contribution in [-0.4, -0.2) is 28.4 Å². The highest BCUT2D eigenvalue weighted by Gasteiger charge is 2.25. The van der Waals surface area contributed by atoms with Crippen LogP contribution in [0.2, 0.25) is 0 Å². The summed E-state index contributed by atoms with van der Waals surface area (Å²) in [5.41, 5.74) is 4.24. The molecule has 0 fully saturated rings. The number of hydrogen-bond acceptors (Lipinski definition) is 5. The Morgan fingerprint density at radius 1 is 0.719 bits per heavy atom. The Bertz CT molecular complexity index is 1100. The highest BCUT2D eigenvalue weighted by atomic mass is 16.5. The van der Waals surface area contributed by atoms with Gasteiger partial charge in [-0.1, -0.05) is 61.7 Å². The summed E-state index contributed by atoms with van der Waals surface area (Å²) < 4.78 is 28.9. The minimum Gasteiger partial charge on any atom is -0.493 e. The van der Waals surface area contributed by atoms with E-state index in [0.717, 1.165) is 27.8 Å². The molecule has 0 aliphatic rings. The van der Waals surface area contributed by atoms with Crippen molar-refractivity contribution in [3.05, 3.63) is 78.4 Å². The zero-order chi connectivity index (χ0) is 23.1. The molecule has 32 heavy (non-hydrogen) atoms. The minimum absolute atomic E-state index is 0.372. The third-order valence-electron chi connectivity index (χ3n) is 5.16. The van der Waals surface area contributed by atoms with Crippen LogP contribution in [0.15, 0.2) is 61.7 Å². The van der Waals surface area contributed by atoms with Crippen LogP contribution in [0, 0.1) is 0 Å². The molecule has 0 saturated carbocycles. The maximum absolute atomic E-state index is 6.18. The molecule has 0 spiro atoms. The summed E-state index contributed by atoms with van der Waals surface area (Å²) >= 11 is 0. The van der Waals surface area contributed by atoms with Gasteiger partial charge in [-0.05, 0) is 23.3 Å². The molecule has 0 radical (unpaired) electrons. The molecule has 0 heterocycles. The summed E-state index contributed by atoms with van der Waals surface area (Å²) in [5, 5.41) is 0. The Labute approximate surface area is 189 Å². The molecule has 0 aliphatic heterocycles. The molecular formula is C27H28O5. The van der Waals surface area contributed by atoms with Gasteiger partial charge >= 0.3 is 0 Å². The van der Waals surface area contributed by atoms with Crippen molar-refractivity contribution in [2.75, 3.05) is 28.4 Å². The first-order valence-corrected chi connectivity index (χ1v) is 10.1. The number of ether oxygens (including phenoxy) is 5. The maximum Gasteiger partial charge on any atom is 0.203 e. The van der Waals surface area contributed by atoms with Crippen LogP contribution in [0.25, 0.3) is 23.3 Å². The average molecular weight is 433 g/mol. The lowest BCUT2D eigenvalue weighted by Crippen LogP contribution is -2.03. The van der Waals surface area contributed by atoms with Crippen molar-refractivity contribution in [2.24, 2.45) is 0 Å². The van der Waals surface area contributed by atoms with Crippen LogP contribution < -0.4 is 23.7 Å². The Balaban J connectivity index is 2.28. The quantitative estimate of drug-likeness (QED) is 0.379. The van der Waals surface area contributed by atoms with Crippen molar-refractivity contribution in [3.8, 4) is 39.9 Å². The second-order valence-corrected chi connectivity index (χ2v) is 6.85. The van der Waals surface area contributed by atoms with Gasteiger partial charge in [0.15, 0.2) is 23.0 Å². The molecule has 3 aromatic rings. The van der Waals surface area contributed by atoms with Crippen LogP contribution in [0.5, 0.6) is 28.7 Å². The third-order valence-corrected chi connectivity index (χ3v) is 5.16. The fourth-order valence-corrected chi connectivity index (χ4v) is 3.67. The molecular weight excluding hydrogens is 404 g/mol. The number of hydrogen-bond donors (Lipinski definition) is 0. The lowest BCUT2D eigenvalue weighted by Gasteiger charge is -2.22. The van der Waals surface area contributed by atoms with E-state index in [4.69, 9.17) is 23.7 Å². The molecule has 0 atom stereocenters. The molecule has 0 aromatic heterocycles. The van der Waals surface area contributed by atoms with Crippen molar-refractivity contribution < 1.29 is 23.7 Å². The zero-order valence-corrected chi connectivity index (χ0v) is 18.9. The fourth-order valence-electron chi connectivity index (χ4n) is 3.67. The first-order valence-electron chi connectivity index (χ1n) is 10.1. The van der Waals surface area contributed by atoms with Crippen molar-refractivity contribution in [3.63, 3.8) is 0 Å². The van der Waals surface area contributed by atoms with Crippen molar-refractivity contribution in [1.82, 2.24) is 0 Å². The van der Waals surface area contributed by atoms with Gasteiger partial charge in [-0.15, -0.1) is 0 Å². The SMILES string of the molecule is C=Cc1ccc(OC)c(OC)c1-c1cc(OCc2ccccc2)c(OC)c(OC)c1C=C. The summed E-state index contributed by atoms with van der Waals surface area (Å²) in [6.07, 6.45) is 3.49. The predicted octanol–water partition coefficient (Wildman–Crippen LogP) is 6.25. The molecule has 0 aliphatic carbocycles. The van der Waals surface area contributed by atoms with E-state index in [1.807, 2.05) is 48.5 Å². The van der Waals surface area contributed by atoms with E-state index < -0.39 is 0 Å². The zero-order valence-electron chi connectivity index (χ0n) is 18.9. The lowest BCUT2D eigenvalue weighted by atomic mass is 9.92. The Kier molecular flexibility index (Phi) is 7.45. The molecule has 0 unspecified atom stereocenters. The second kappa shape index (κ2) is 10.4. The maximum atomic E-state index is 6.18. The fraction of sp³-hybridized carbons (Fsp3) is 0.185. The molecule has 166 valence electrons. The van der Waals surface area contributed by atoms with Gasteiger partial charge in [-0.3, -0.25) is 0 Å². The van der Waals surface area contributed by atoms with Crippen molar-refractivity contribution >= 4 is 12.2 Å². The summed E-state index contributed by atoms with van der Waals surface area (Å²) in [6, 6.07) is 15.6. The van der Waals surface area contributed by atoms with Gasteiger partial charge in [-0.2, -0.15) is 0 Å². The molecule has 0 N–H and O–H groups in total. The van der Waals surface area contributed by atoms with E-state index in [1.165, 1.54) is 0 Å². The largest absolute Gasteiger partial charge is 0.493 e. The standard InChI is InChI=1S/C27H28O5/c1-7-19-14-15-22(28-3)26(30-5)24(19)21-16-23(32-17-18-12-10-9-11-13-18)27(31-6)25(29-4)20(21)8-2/h7-16H,1-2,17H2,3-6H3. The van der Waals surface area contributed by atoms with Gasteiger partial charge in [0.2, 0.25) is 5.75 Å². The van der Waals surface area contributed by atoms with Gasteiger partial charge in [0.25, 0.3) is 0 Å². The topological polar surface area (TPSA) is 46.2 Å². The normalized spacial score (nSPS) is 10.2. The first kappa shape index (κ1) is 22.8. The number of methoxy groups -OCH3 is 4. The van der Waals surface area contributed by atoms with Crippen LogP contribution in [0.4, 0.5) is 0 Å². The highest BCUT2D eigenvalue weighted by Crippen LogP contribution is 2.50. The molecule has 5 nitrogen and oxygen atoms in total. The van der Waals surface area contributed by atoms with Crippen molar-refractivity contribution in [1.29, 1.82) is 0 Å². The molecule has 3 rings (SSSR count). The van der Waals surface area contributed by atoms with Crippen LogP contribution in [0.1, 0.15) is 16.7 Å². The Morgan fingerprint density at radius 3 is 1.97 bits per heavy atom. The Hall–Kier alpha value is -3.86. The minimum atomic E-state index is 0.372. The molecule has 3 aromatic carbocycles. The monoisotopic (exact) mass is 432 g/mol. The molecule has 0 bridgehead atoms. The van der Waals surface area contributed by atoms with Gasteiger partial charge in [0, 0.05) is 16.7 Å². The summed E-state index contributed by atoms with van der Waals surface area (Å²) in [5.74, 6) is 2.72. The first-order chi connectivity index (χ1) is 15.6. The molecule has 5 heteroatoms. The second-order valence-electron chi connectivity index (χ2n) is 6.85. The average Bonchev–Trinajstić information content (AvgIpc) is 2.85. The molecule has 0 saturated heterocycles. The van der Waals surface area contributed by atoms with Gasteiger partial charge in [-0.25, -0.2) is 0 Å². The van der Waals surface area contributed by atoms with Gasteiger partial charge in [0.1, 0.15) is 6.61 Å². The van der Waals surface area contributed by atoms with Crippen molar-refractivity contribution in [2.45, 2.75) is 6.61 Å².